The summed E-state index contributed by atoms with van der Waals surface area (Å²) < 4.78 is 10.6. The molecule has 1 atom stereocenters. The van der Waals surface area contributed by atoms with Gasteiger partial charge in [0.15, 0.2) is 0 Å². The number of ketones is 1. The number of likely N-dealkylation sites (tertiary alicyclic amines) is 1. The Bertz CT molecular complexity index is 1270. The van der Waals surface area contributed by atoms with E-state index < -0.39 is 17.7 Å². The minimum atomic E-state index is -0.785. The number of hydrogen-bond donors (Lipinski definition) is 1. The third-order valence-corrected chi connectivity index (χ3v) is 6.10. The van der Waals surface area contributed by atoms with Crippen LogP contribution in [0.4, 0.5) is 0 Å². The third-order valence-electron chi connectivity index (χ3n) is 5.81. The van der Waals surface area contributed by atoms with Gasteiger partial charge in [-0.1, -0.05) is 54.1 Å². The first kappa shape index (κ1) is 23.4. The highest BCUT2D eigenvalue weighted by atomic mass is 35.5. The summed E-state index contributed by atoms with van der Waals surface area (Å²) in [5.74, 6) is -0.859. The molecule has 1 fully saturated rings. The smallest absolute Gasteiger partial charge is 0.295 e. The van der Waals surface area contributed by atoms with Crippen LogP contribution in [-0.2, 0) is 16.1 Å². The fourth-order valence-electron chi connectivity index (χ4n) is 4.21. The van der Waals surface area contributed by atoms with Gasteiger partial charge in [-0.3, -0.25) is 9.59 Å². The van der Waals surface area contributed by atoms with Crippen molar-refractivity contribution in [1.82, 2.24) is 4.90 Å². The van der Waals surface area contributed by atoms with E-state index in [1.807, 2.05) is 49.4 Å². The first-order valence-corrected chi connectivity index (χ1v) is 11.0. The van der Waals surface area contributed by atoms with Crippen molar-refractivity contribution in [3.8, 4) is 11.5 Å². The van der Waals surface area contributed by atoms with Gasteiger partial charge in [0.1, 0.15) is 17.3 Å². The Labute approximate surface area is 203 Å². The van der Waals surface area contributed by atoms with Crippen LogP contribution < -0.4 is 9.47 Å². The molecule has 0 saturated carbocycles. The largest absolute Gasteiger partial charge is 0.507 e. The number of benzene rings is 3. The number of ether oxygens (including phenoxy) is 2. The van der Waals surface area contributed by atoms with Crippen LogP contribution in [0.3, 0.4) is 0 Å². The number of carbonyl (C=O) groups is 2. The number of nitrogens with zero attached hydrogens (tertiary/aromatic N) is 1. The van der Waals surface area contributed by atoms with Crippen LogP contribution in [0.25, 0.3) is 5.76 Å². The molecule has 174 valence electrons. The Kier molecular flexibility index (Phi) is 6.61. The zero-order valence-corrected chi connectivity index (χ0v) is 19.8. The van der Waals surface area contributed by atoms with E-state index >= 15 is 0 Å². The molecule has 3 aromatic carbocycles. The lowest BCUT2D eigenvalue weighted by molar-refractivity contribution is -0.140. The predicted molar refractivity (Wildman–Crippen MR) is 130 cm³/mol. The maximum Gasteiger partial charge on any atom is 0.295 e. The molecule has 0 spiro atoms. The van der Waals surface area contributed by atoms with Gasteiger partial charge < -0.3 is 19.5 Å². The molecule has 1 amide bonds. The summed E-state index contributed by atoms with van der Waals surface area (Å²) >= 11 is 6.33. The molecule has 34 heavy (non-hydrogen) atoms. The zero-order valence-electron chi connectivity index (χ0n) is 19.0. The van der Waals surface area contributed by atoms with Gasteiger partial charge in [-0.05, 0) is 47.9 Å². The Morgan fingerprint density at radius 1 is 1.00 bits per heavy atom. The molecule has 1 aliphatic heterocycles. The second-order valence-electron chi connectivity index (χ2n) is 8.01. The average molecular weight is 478 g/mol. The number of Topliss-reactive ketones (excluding diaryl/α,β-unsaturated/α-hetero) is 1. The highest BCUT2D eigenvalue weighted by Gasteiger charge is 2.46. The molecule has 1 aliphatic rings. The zero-order chi connectivity index (χ0) is 24.4. The minimum Gasteiger partial charge on any atom is -0.507 e. The number of aryl methyl sites for hydroxylation is 1. The Balaban J connectivity index is 1.88. The lowest BCUT2D eigenvalue weighted by Crippen LogP contribution is -2.29. The molecule has 4 rings (SSSR count). The van der Waals surface area contributed by atoms with E-state index in [9.17, 15) is 14.7 Å². The molecule has 6 nitrogen and oxygen atoms in total. The molecule has 0 bridgehead atoms. The number of carbonyl (C=O) groups excluding carboxylic acids is 2. The molecule has 0 radical (unpaired) electrons. The Hall–Kier alpha value is -3.77. The molecule has 0 aromatic heterocycles. The van der Waals surface area contributed by atoms with Gasteiger partial charge in [-0.25, -0.2) is 0 Å². The first-order chi connectivity index (χ1) is 16.3. The van der Waals surface area contributed by atoms with Crippen LogP contribution >= 0.6 is 11.6 Å². The Morgan fingerprint density at radius 3 is 2.29 bits per heavy atom. The van der Waals surface area contributed by atoms with Gasteiger partial charge in [0.2, 0.25) is 0 Å². The molecule has 0 aliphatic carbocycles. The quantitative estimate of drug-likeness (QED) is 0.296. The van der Waals surface area contributed by atoms with Gasteiger partial charge in [0.05, 0.1) is 36.4 Å². The standard InChI is InChI=1S/C27H24ClNO5/c1-16-13-20(26(34-3)21(28)14-16)24(30)22-23(18-7-5-4-6-8-18)29(27(32)25(22)31)15-17-9-11-19(33-2)12-10-17/h4-14,23,30H,15H2,1-3H3/b24-22+. The molecule has 1 unspecified atom stereocenters. The van der Waals surface area contributed by atoms with Crippen LogP contribution in [0.2, 0.25) is 5.02 Å². The van der Waals surface area contributed by atoms with Crippen LogP contribution in [0.1, 0.15) is 28.3 Å². The van der Waals surface area contributed by atoms with Crippen molar-refractivity contribution in [3.63, 3.8) is 0 Å². The van der Waals surface area contributed by atoms with Crippen LogP contribution in [0, 0.1) is 6.92 Å². The first-order valence-electron chi connectivity index (χ1n) is 10.7. The molecule has 3 aromatic rings. The van der Waals surface area contributed by atoms with E-state index in [2.05, 4.69) is 0 Å². The van der Waals surface area contributed by atoms with Crippen molar-refractivity contribution in [2.24, 2.45) is 0 Å². The van der Waals surface area contributed by atoms with Crippen molar-refractivity contribution >= 4 is 29.1 Å². The highest BCUT2D eigenvalue weighted by Crippen LogP contribution is 2.43. The third kappa shape index (κ3) is 4.24. The number of amides is 1. The number of aliphatic hydroxyl groups is 1. The van der Waals surface area contributed by atoms with Gasteiger partial charge in [-0.15, -0.1) is 0 Å². The second kappa shape index (κ2) is 9.61. The van der Waals surface area contributed by atoms with E-state index in [-0.39, 0.29) is 29.2 Å². The topological polar surface area (TPSA) is 76.1 Å². The predicted octanol–water partition coefficient (Wildman–Crippen LogP) is 5.29. The maximum absolute atomic E-state index is 13.3. The number of rotatable bonds is 6. The molecular formula is C27H24ClNO5. The molecule has 1 heterocycles. The summed E-state index contributed by atoms with van der Waals surface area (Å²) in [6.07, 6.45) is 0. The van der Waals surface area contributed by atoms with E-state index in [1.165, 1.54) is 12.0 Å². The molecule has 7 heteroatoms. The summed E-state index contributed by atoms with van der Waals surface area (Å²) in [6.45, 7) is 2.00. The van der Waals surface area contributed by atoms with Crippen molar-refractivity contribution in [2.45, 2.75) is 19.5 Å². The Morgan fingerprint density at radius 2 is 1.68 bits per heavy atom. The SMILES string of the molecule is COc1ccc(CN2C(=O)C(=O)/C(=C(/O)c3cc(C)cc(Cl)c3OC)C2c2ccccc2)cc1. The maximum atomic E-state index is 13.3. The van der Waals surface area contributed by atoms with Crippen molar-refractivity contribution < 1.29 is 24.2 Å². The summed E-state index contributed by atoms with van der Waals surface area (Å²) in [7, 11) is 3.01. The normalized spacial score (nSPS) is 17.2. The molecule has 1 N–H and O–H groups in total. The van der Waals surface area contributed by atoms with Crippen LogP contribution in [0.15, 0.2) is 72.3 Å². The summed E-state index contributed by atoms with van der Waals surface area (Å²) in [4.78, 5) is 27.9. The monoisotopic (exact) mass is 477 g/mol. The number of methoxy groups -OCH3 is 2. The number of halogens is 1. The number of hydrogen-bond acceptors (Lipinski definition) is 5. The second-order valence-corrected chi connectivity index (χ2v) is 8.42. The summed E-state index contributed by atoms with van der Waals surface area (Å²) in [5.41, 5.74) is 2.55. The van der Waals surface area contributed by atoms with Crippen molar-refractivity contribution in [1.29, 1.82) is 0 Å². The van der Waals surface area contributed by atoms with Gasteiger partial charge >= 0.3 is 0 Å². The van der Waals surface area contributed by atoms with E-state index in [1.54, 1.807) is 31.4 Å². The number of aliphatic hydroxyl groups excluding tert-OH is 1. The van der Waals surface area contributed by atoms with Crippen molar-refractivity contribution in [2.75, 3.05) is 14.2 Å². The lowest BCUT2D eigenvalue weighted by Gasteiger charge is -2.25. The van der Waals surface area contributed by atoms with Gasteiger partial charge in [0.25, 0.3) is 11.7 Å². The molecular weight excluding hydrogens is 454 g/mol. The summed E-state index contributed by atoms with van der Waals surface area (Å²) in [5, 5.41) is 11.7. The van der Waals surface area contributed by atoms with E-state index in [0.717, 1.165) is 11.1 Å². The van der Waals surface area contributed by atoms with Crippen LogP contribution in [0.5, 0.6) is 11.5 Å². The fourth-order valence-corrected chi connectivity index (χ4v) is 4.56. The van der Waals surface area contributed by atoms with E-state index in [4.69, 9.17) is 21.1 Å². The van der Waals surface area contributed by atoms with Crippen LogP contribution in [-0.4, -0.2) is 35.9 Å². The van der Waals surface area contributed by atoms with Gasteiger partial charge in [-0.2, -0.15) is 0 Å². The van der Waals surface area contributed by atoms with Gasteiger partial charge in [0, 0.05) is 6.54 Å². The summed E-state index contributed by atoms with van der Waals surface area (Å²) in [6, 6.07) is 19.0. The highest BCUT2D eigenvalue weighted by molar-refractivity contribution is 6.46. The van der Waals surface area contributed by atoms with E-state index in [0.29, 0.717) is 16.3 Å². The van der Waals surface area contributed by atoms with Crippen molar-refractivity contribution in [3.05, 3.63) is 99.6 Å². The fraction of sp³-hybridized carbons (Fsp3) is 0.185. The average Bonchev–Trinajstić information content (AvgIpc) is 3.09. The molecule has 1 saturated heterocycles. The lowest BCUT2D eigenvalue weighted by atomic mass is 9.94. The minimum absolute atomic E-state index is 0.00956.